The van der Waals surface area contributed by atoms with Crippen LogP contribution in [-0.4, -0.2) is 73.3 Å². The summed E-state index contributed by atoms with van der Waals surface area (Å²) in [5, 5.41) is 12.9. The highest BCUT2D eigenvalue weighted by atomic mass is 16.5. The van der Waals surface area contributed by atoms with Crippen LogP contribution in [-0.2, 0) is 17.9 Å². The Morgan fingerprint density at radius 3 is 2.73 bits per heavy atom. The molecular formula is C20H32N4O2. The summed E-state index contributed by atoms with van der Waals surface area (Å²) in [6.07, 6.45) is 1.22. The topological polar surface area (TPSA) is 60.3 Å². The number of hydrogen-bond donors (Lipinski definition) is 2. The van der Waals surface area contributed by atoms with Crippen LogP contribution in [0.2, 0.25) is 0 Å². The van der Waals surface area contributed by atoms with Gasteiger partial charge in [-0.2, -0.15) is 0 Å². The van der Waals surface area contributed by atoms with Crippen molar-refractivity contribution in [2.75, 3.05) is 52.5 Å². The van der Waals surface area contributed by atoms with Crippen molar-refractivity contribution in [3.05, 3.63) is 35.4 Å². The van der Waals surface area contributed by atoms with Gasteiger partial charge in [0.15, 0.2) is 5.96 Å². The lowest BCUT2D eigenvalue weighted by molar-refractivity contribution is 0.0315. The van der Waals surface area contributed by atoms with Gasteiger partial charge in [0.05, 0.1) is 26.4 Å². The predicted molar refractivity (Wildman–Crippen MR) is 104 cm³/mol. The average molecular weight is 361 g/mol. The summed E-state index contributed by atoms with van der Waals surface area (Å²) in [7, 11) is 0. The van der Waals surface area contributed by atoms with E-state index in [4.69, 9.17) is 9.73 Å². The van der Waals surface area contributed by atoms with Gasteiger partial charge < -0.3 is 20.1 Å². The minimum atomic E-state index is 0.0631. The SMILES string of the molecule is CCNC(=NCc1ccccc1CO)N1CCC(CN2CCOCC2)C1. The maximum atomic E-state index is 9.50. The number of morpholine rings is 1. The molecule has 26 heavy (non-hydrogen) atoms. The third-order valence-electron chi connectivity index (χ3n) is 5.23. The first-order valence-electron chi connectivity index (χ1n) is 9.81. The zero-order valence-corrected chi connectivity index (χ0v) is 15.9. The number of nitrogens with one attached hydrogen (secondary N) is 1. The van der Waals surface area contributed by atoms with Crippen molar-refractivity contribution in [1.82, 2.24) is 15.1 Å². The highest BCUT2D eigenvalue weighted by molar-refractivity contribution is 5.80. The van der Waals surface area contributed by atoms with Crippen LogP contribution in [0.3, 0.4) is 0 Å². The van der Waals surface area contributed by atoms with Crippen LogP contribution in [0, 0.1) is 5.92 Å². The number of nitrogens with zero attached hydrogens (tertiary/aromatic N) is 3. The molecule has 6 nitrogen and oxygen atoms in total. The molecule has 1 unspecified atom stereocenters. The van der Waals surface area contributed by atoms with Crippen LogP contribution in [0.5, 0.6) is 0 Å². The molecule has 2 saturated heterocycles. The number of rotatable bonds is 6. The van der Waals surface area contributed by atoms with Gasteiger partial charge in [0.2, 0.25) is 0 Å². The number of benzene rings is 1. The van der Waals surface area contributed by atoms with Gasteiger partial charge in [-0.15, -0.1) is 0 Å². The van der Waals surface area contributed by atoms with Gasteiger partial charge in [-0.1, -0.05) is 24.3 Å². The molecule has 2 aliphatic heterocycles. The van der Waals surface area contributed by atoms with E-state index < -0.39 is 0 Å². The number of aliphatic imine (C=N–C) groups is 1. The molecule has 0 spiro atoms. The third-order valence-corrected chi connectivity index (χ3v) is 5.23. The highest BCUT2D eigenvalue weighted by Gasteiger charge is 2.27. The normalized spacial score (nSPS) is 22.0. The number of hydrogen-bond acceptors (Lipinski definition) is 4. The van der Waals surface area contributed by atoms with Gasteiger partial charge >= 0.3 is 0 Å². The lowest BCUT2D eigenvalue weighted by atomic mass is 10.1. The van der Waals surface area contributed by atoms with Gasteiger partial charge in [0.25, 0.3) is 0 Å². The Labute approximate surface area is 156 Å². The lowest BCUT2D eigenvalue weighted by Gasteiger charge is -2.29. The molecule has 2 aliphatic rings. The third kappa shape index (κ3) is 5.19. The van der Waals surface area contributed by atoms with Crippen molar-refractivity contribution < 1.29 is 9.84 Å². The van der Waals surface area contributed by atoms with E-state index in [9.17, 15) is 5.11 Å². The largest absolute Gasteiger partial charge is 0.392 e. The summed E-state index contributed by atoms with van der Waals surface area (Å²) in [6.45, 7) is 10.8. The molecule has 2 heterocycles. The second-order valence-corrected chi connectivity index (χ2v) is 7.11. The Balaban J connectivity index is 1.58. The molecule has 0 aromatic heterocycles. The van der Waals surface area contributed by atoms with E-state index in [0.717, 1.165) is 69.6 Å². The summed E-state index contributed by atoms with van der Waals surface area (Å²) >= 11 is 0. The Morgan fingerprint density at radius 1 is 1.23 bits per heavy atom. The lowest BCUT2D eigenvalue weighted by Crippen LogP contribution is -2.42. The van der Waals surface area contributed by atoms with Gasteiger partial charge in [-0.3, -0.25) is 4.90 Å². The second-order valence-electron chi connectivity index (χ2n) is 7.11. The van der Waals surface area contributed by atoms with Crippen LogP contribution in [0.25, 0.3) is 0 Å². The quantitative estimate of drug-likeness (QED) is 0.592. The van der Waals surface area contributed by atoms with E-state index in [1.54, 1.807) is 0 Å². The summed E-state index contributed by atoms with van der Waals surface area (Å²) in [5.74, 6) is 1.69. The Morgan fingerprint density at radius 2 is 2.00 bits per heavy atom. The molecule has 1 aromatic carbocycles. The first-order chi connectivity index (χ1) is 12.8. The van der Waals surface area contributed by atoms with Gasteiger partial charge in [-0.25, -0.2) is 4.99 Å². The van der Waals surface area contributed by atoms with E-state index in [2.05, 4.69) is 22.0 Å². The summed E-state index contributed by atoms with van der Waals surface area (Å²) in [5.41, 5.74) is 2.05. The summed E-state index contributed by atoms with van der Waals surface area (Å²) in [6, 6.07) is 7.97. The first-order valence-corrected chi connectivity index (χ1v) is 9.81. The fourth-order valence-electron chi connectivity index (χ4n) is 3.77. The molecule has 3 rings (SSSR count). The Kier molecular flexibility index (Phi) is 7.29. The van der Waals surface area contributed by atoms with Gasteiger partial charge in [0.1, 0.15) is 0 Å². The molecule has 0 radical (unpaired) electrons. The van der Waals surface area contributed by atoms with Gasteiger partial charge in [-0.05, 0) is 30.4 Å². The van der Waals surface area contributed by atoms with Crippen molar-refractivity contribution >= 4 is 5.96 Å². The zero-order chi connectivity index (χ0) is 18.2. The molecule has 2 fully saturated rings. The Hall–Kier alpha value is -1.63. The zero-order valence-electron chi connectivity index (χ0n) is 15.9. The van der Waals surface area contributed by atoms with Crippen molar-refractivity contribution in [2.45, 2.75) is 26.5 Å². The molecule has 0 saturated carbocycles. The summed E-state index contributed by atoms with van der Waals surface area (Å²) in [4.78, 5) is 9.75. The minimum absolute atomic E-state index is 0.0631. The first kappa shape index (κ1) is 19.1. The monoisotopic (exact) mass is 360 g/mol. The minimum Gasteiger partial charge on any atom is -0.392 e. The van der Waals surface area contributed by atoms with Crippen molar-refractivity contribution in [2.24, 2.45) is 10.9 Å². The molecule has 0 bridgehead atoms. The molecule has 0 amide bonds. The smallest absolute Gasteiger partial charge is 0.194 e. The number of aliphatic hydroxyl groups is 1. The summed E-state index contributed by atoms with van der Waals surface area (Å²) < 4.78 is 5.45. The van der Waals surface area contributed by atoms with Crippen molar-refractivity contribution in [3.63, 3.8) is 0 Å². The van der Waals surface area contributed by atoms with Crippen LogP contribution in [0.4, 0.5) is 0 Å². The van der Waals surface area contributed by atoms with E-state index in [0.29, 0.717) is 12.5 Å². The Bertz CT molecular complexity index is 587. The molecule has 0 aliphatic carbocycles. The molecular weight excluding hydrogens is 328 g/mol. The number of aliphatic hydroxyl groups excluding tert-OH is 1. The maximum absolute atomic E-state index is 9.50. The van der Waals surface area contributed by atoms with Crippen LogP contribution < -0.4 is 5.32 Å². The fourth-order valence-corrected chi connectivity index (χ4v) is 3.77. The number of guanidine groups is 1. The predicted octanol–water partition coefficient (Wildman–Crippen LogP) is 1.30. The van der Waals surface area contributed by atoms with Crippen LogP contribution in [0.15, 0.2) is 29.3 Å². The van der Waals surface area contributed by atoms with E-state index in [-0.39, 0.29) is 6.61 Å². The van der Waals surface area contributed by atoms with Crippen LogP contribution >= 0.6 is 0 Å². The molecule has 144 valence electrons. The van der Waals surface area contributed by atoms with E-state index in [1.807, 2.05) is 24.3 Å². The fraction of sp³-hybridized carbons (Fsp3) is 0.650. The molecule has 2 N–H and O–H groups in total. The highest BCUT2D eigenvalue weighted by Crippen LogP contribution is 2.19. The molecule has 6 heteroatoms. The van der Waals surface area contributed by atoms with Crippen molar-refractivity contribution in [3.8, 4) is 0 Å². The van der Waals surface area contributed by atoms with Gasteiger partial charge in [0, 0.05) is 39.3 Å². The van der Waals surface area contributed by atoms with E-state index in [1.165, 1.54) is 6.42 Å². The number of likely N-dealkylation sites (tertiary alicyclic amines) is 1. The molecule has 1 atom stereocenters. The van der Waals surface area contributed by atoms with E-state index >= 15 is 0 Å². The van der Waals surface area contributed by atoms with Crippen LogP contribution in [0.1, 0.15) is 24.5 Å². The second kappa shape index (κ2) is 9.90. The molecule has 1 aromatic rings. The maximum Gasteiger partial charge on any atom is 0.194 e. The standard InChI is InChI=1S/C20H32N4O2/c1-2-21-20(22-13-18-5-3-4-6-19(18)16-25)24-8-7-17(15-24)14-23-9-11-26-12-10-23/h3-6,17,25H,2,7-16H2,1H3,(H,21,22). The average Bonchev–Trinajstić information content (AvgIpc) is 3.14. The van der Waals surface area contributed by atoms with Crippen molar-refractivity contribution in [1.29, 1.82) is 0 Å². The number of ether oxygens (including phenoxy) is 1.